The quantitative estimate of drug-likeness (QED) is 0.814. The van der Waals surface area contributed by atoms with Crippen LogP contribution in [0.15, 0.2) is 23.3 Å². The number of hydrogen-bond donors (Lipinski definition) is 1. The van der Waals surface area contributed by atoms with Crippen molar-refractivity contribution in [2.24, 2.45) is 5.73 Å². The Morgan fingerprint density at radius 2 is 2.24 bits per heavy atom. The topological polar surface area (TPSA) is 78.0 Å². The summed E-state index contributed by atoms with van der Waals surface area (Å²) < 4.78 is 14.6. The number of benzene rings is 1. The van der Waals surface area contributed by atoms with Gasteiger partial charge in [0.05, 0.1) is 11.7 Å². The number of aromatic nitrogens is 2. The van der Waals surface area contributed by atoms with Crippen LogP contribution in [0.25, 0.3) is 10.9 Å². The molecule has 0 saturated carbocycles. The average molecular weight is 235 g/mol. The lowest BCUT2D eigenvalue weighted by Crippen LogP contribution is -2.28. The minimum absolute atomic E-state index is 0.00122. The monoisotopic (exact) mass is 235 g/mol. The van der Waals surface area contributed by atoms with Crippen LogP contribution in [0.4, 0.5) is 4.39 Å². The highest BCUT2D eigenvalue weighted by molar-refractivity contribution is 5.79. The normalized spacial score (nSPS) is 10.7. The lowest BCUT2D eigenvalue weighted by atomic mass is 10.1. The van der Waals surface area contributed by atoms with E-state index in [1.54, 1.807) is 6.92 Å². The van der Waals surface area contributed by atoms with Crippen molar-refractivity contribution in [3.8, 4) is 0 Å². The van der Waals surface area contributed by atoms with Crippen LogP contribution in [0.1, 0.15) is 5.56 Å². The van der Waals surface area contributed by atoms with Crippen LogP contribution < -0.4 is 11.3 Å². The Balaban J connectivity index is 2.75. The number of rotatable bonds is 2. The van der Waals surface area contributed by atoms with Crippen LogP contribution in [0.2, 0.25) is 0 Å². The molecule has 2 rings (SSSR count). The molecule has 0 aliphatic carbocycles. The fourth-order valence-electron chi connectivity index (χ4n) is 1.64. The summed E-state index contributed by atoms with van der Waals surface area (Å²) in [6, 6.07) is 2.83. The number of amides is 1. The van der Waals surface area contributed by atoms with E-state index in [1.807, 2.05) is 0 Å². The zero-order chi connectivity index (χ0) is 12.6. The third-order valence-corrected chi connectivity index (χ3v) is 2.35. The molecular weight excluding hydrogens is 225 g/mol. The van der Waals surface area contributed by atoms with Crippen LogP contribution in [0, 0.1) is 12.7 Å². The van der Waals surface area contributed by atoms with Gasteiger partial charge in [0.2, 0.25) is 5.91 Å². The van der Waals surface area contributed by atoms with E-state index in [4.69, 9.17) is 5.73 Å². The molecule has 17 heavy (non-hydrogen) atoms. The maximum atomic E-state index is 13.5. The Kier molecular flexibility index (Phi) is 2.63. The van der Waals surface area contributed by atoms with Crippen molar-refractivity contribution >= 4 is 16.8 Å². The van der Waals surface area contributed by atoms with Gasteiger partial charge in [-0.25, -0.2) is 9.37 Å². The first-order chi connectivity index (χ1) is 7.99. The first kappa shape index (κ1) is 11.3. The molecule has 2 N–H and O–H groups in total. The third kappa shape index (κ3) is 2.01. The van der Waals surface area contributed by atoms with Crippen molar-refractivity contribution < 1.29 is 9.18 Å². The highest BCUT2D eigenvalue weighted by Crippen LogP contribution is 2.13. The number of nitrogens with zero attached hydrogens (tertiary/aromatic N) is 2. The molecule has 1 heterocycles. The smallest absolute Gasteiger partial charge is 0.261 e. The van der Waals surface area contributed by atoms with Gasteiger partial charge in [-0.15, -0.1) is 0 Å². The van der Waals surface area contributed by atoms with Crippen molar-refractivity contribution in [3.05, 3.63) is 40.2 Å². The largest absolute Gasteiger partial charge is 0.368 e. The summed E-state index contributed by atoms with van der Waals surface area (Å²) >= 11 is 0. The molecular formula is C11H10FN3O2. The summed E-state index contributed by atoms with van der Waals surface area (Å²) in [6.07, 6.45) is 1.12. The van der Waals surface area contributed by atoms with Gasteiger partial charge < -0.3 is 5.73 Å². The number of nitrogens with two attached hydrogens (primary N) is 1. The first-order valence-corrected chi connectivity index (χ1v) is 4.92. The lowest BCUT2D eigenvalue weighted by Gasteiger charge is -2.05. The highest BCUT2D eigenvalue weighted by Gasteiger charge is 2.10. The number of carbonyl (C=O) groups excluding carboxylic acids is 1. The van der Waals surface area contributed by atoms with Crippen LogP contribution in [0.5, 0.6) is 0 Å². The molecule has 2 aromatic rings. The molecule has 1 amide bonds. The van der Waals surface area contributed by atoms with E-state index in [-0.39, 0.29) is 17.4 Å². The number of primary amides is 1. The molecule has 0 fully saturated rings. The molecule has 88 valence electrons. The summed E-state index contributed by atoms with van der Waals surface area (Å²) in [4.78, 5) is 26.5. The first-order valence-electron chi connectivity index (χ1n) is 4.92. The molecule has 0 aliphatic rings. The Hall–Kier alpha value is -2.24. The molecule has 1 aromatic carbocycles. The molecule has 0 aliphatic heterocycles. The maximum absolute atomic E-state index is 13.5. The average Bonchev–Trinajstić information content (AvgIpc) is 2.22. The van der Waals surface area contributed by atoms with Crippen molar-refractivity contribution in [2.45, 2.75) is 13.5 Å². The number of aryl methyl sites for hydroxylation is 1. The van der Waals surface area contributed by atoms with Gasteiger partial charge in [0.15, 0.2) is 0 Å². The number of halogens is 1. The molecule has 6 heteroatoms. The summed E-state index contributed by atoms with van der Waals surface area (Å²) in [6.45, 7) is 1.41. The van der Waals surface area contributed by atoms with Gasteiger partial charge >= 0.3 is 0 Å². The standard InChI is InChI=1S/C11H10FN3O2/c1-6-2-7-10(8(12)3-6)14-5-15(11(7)17)4-9(13)16/h2-3,5H,4H2,1H3,(H2,13,16). The number of fused-ring (bicyclic) bond motifs is 1. The molecule has 0 unspecified atom stereocenters. The van der Waals surface area contributed by atoms with E-state index in [1.165, 1.54) is 12.1 Å². The second-order valence-corrected chi connectivity index (χ2v) is 3.79. The van der Waals surface area contributed by atoms with Crippen molar-refractivity contribution in [1.29, 1.82) is 0 Å². The second-order valence-electron chi connectivity index (χ2n) is 3.79. The summed E-state index contributed by atoms with van der Waals surface area (Å²) in [5, 5.41) is 0.145. The van der Waals surface area contributed by atoms with Crippen LogP contribution >= 0.6 is 0 Å². The fourth-order valence-corrected chi connectivity index (χ4v) is 1.64. The van der Waals surface area contributed by atoms with Gasteiger partial charge in [-0.05, 0) is 24.6 Å². The van der Waals surface area contributed by atoms with Crippen molar-refractivity contribution in [3.63, 3.8) is 0 Å². The fraction of sp³-hybridized carbons (Fsp3) is 0.182. The molecule has 5 nitrogen and oxygen atoms in total. The van der Waals surface area contributed by atoms with Crippen LogP contribution in [-0.2, 0) is 11.3 Å². The molecule has 0 bridgehead atoms. The summed E-state index contributed by atoms with van der Waals surface area (Å²) in [5.41, 5.74) is 5.14. The van der Waals surface area contributed by atoms with E-state index in [9.17, 15) is 14.0 Å². The second kappa shape index (κ2) is 3.97. The van der Waals surface area contributed by atoms with Crippen molar-refractivity contribution in [2.75, 3.05) is 0 Å². The zero-order valence-corrected chi connectivity index (χ0v) is 9.11. The van der Waals surface area contributed by atoms with Crippen LogP contribution in [-0.4, -0.2) is 15.5 Å². The van der Waals surface area contributed by atoms with Crippen molar-refractivity contribution in [1.82, 2.24) is 9.55 Å². The highest BCUT2D eigenvalue weighted by atomic mass is 19.1. The number of carbonyl (C=O) groups is 1. The van der Waals surface area contributed by atoms with Crippen LogP contribution in [0.3, 0.4) is 0 Å². The predicted molar refractivity (Wildman–Crippen MR) is 59.9 cm³/mol. The Labute approximate surface area is 95.7 Å². The SMILES string of the molecule is Cc1cc(F)c2ncn(CC(N)=O)c(=O)c2c1. The van der Waals surface area contributed by atoms with E-state index in [2.05, 4.69) is 4.98 Å². The third-order valence-electron chi connectivity index (χ3n) is 2.35. The molecule has 1 aromatic heterocycles. The van der Waals surface area contributed by atoms with Gasteiger partial charge in [0.1, 0.15) is 17.9 Å². The van der Waals surface area contributed by atoms with Gasteiger partial charge in [0, 0.05) is 0 Å². The van der Waals surface area contributed by atoms with E-state index < -0.39 is 17.3 Å². The van der Waals surface area contributed by atoms with E-state index in [0.717, 1.165) is 10.9 Å². The van der Waals surface area contributed by atoms with E-state index >= 15 is 0 Å². The molecule has 0 radical (unpaired) electrons. The Morgan fingerprint density at radius 3 is 2.88 bits per heavy atom. The lowest BCUT2D eigenvalue weighted by molar-refractivity contribution is -0.118. The Morgan fingerprint density at radius 1 is 1.53 bits per heavy atom. The number of hydrogen-bond acceptors (Lipinski definition) is 3. The van der Waals surface area contributed by atoms with Gasteiger partial charge in [-0.2, -0.15) is 0 Å². The van der Waals surface area contributed by atoms with Gasteiger partial charge in [-0.3, -0.25) is 14.2 Å². The van der Waals surface area contributed by atoms with Gasteiger partial charge in [0.25, 0.3) is 5.56 Å². The van der Waals surface area contributed by atoms with E-state index in [0.29, 0.717) is 5.56 Å². The predicted octanol–water partition coefficient (Wildman–Crippen LogP) is 0.329. The molecule has 0 atom stereocenters. The zero-order valence-electron chi connectivity index (χ0n) is 9.11. The summed E-state index contributed by atoms with van der Waals surface area (Å²) in [7, 11) is 0. The maximum Gasteiger partial charge on any atom is 0.261 e. The molecule has 0 saturated heterocycles. The van der Waals surface area contributed by atoms with Gasteiger partial charge in [-0.1, -0.05) is 0 Å². The Bertz CT molecular complexity index is 664. The summed E-state index contributed by atoms with van der Waals surface area (Å²) in [5.74, 6) is -1.20. The molecule has 0 spiro atoms. The minimum atomic E-state index is -0.652. The minimum Gasteiger partial charge on any atom is -0.368 e.